The van der Waals surface area contributed by atoms with E-state index in [1.807, 2.05) is 52.9 Å². The average molecular weight is 316 g/mol. The molecule has 0 aliphatic heterocycles. The first-order valence-corrected chi connectivity index (χ1v) is 5.58. The highest BCUT2D eigenvalue weighted by atomic mass is 127. The van der Waals surface area contributed by atoms with E-state index in [-0.39, 0.29) is 0 Å². The van der Waals surface area contributed by atoms with Gasteiger partial charge in [-0.1, -0.05) is 18.2 Å². The van der Waals surface area contributed by atoms with Crippen LogP contribution in [0.15, 0.2) is 34.7 Å². The van der Waals surface area contributed by atoms with Gasteiger partial charge in [0.1, 0.15) is 5.75 Å². The van der Waals surface area contributed by atoms with Crippen molar-refractivity contribution in [3.63, 3.8) is 0 Å². The summed E-state index contributed by atoms with van der Waals surface area (Å²) in [6.07, 6.45) is 0.630. The molecule has 0 saturated carbocycles. The molecule has 15 heavy (non-hydrogen) atoms. The number of hydrogen-bond acceptors (Lipinski definition) is 4. The maximum atomic E-state index is 5.49. The van der Waals surface area contributed by atoms with Crippen LogP contribution in [0.4, 0.5) is 0 Å². The van der Waals surface area contributed by atoms with E-state index in [1.165, 1.54) is 0 Å². The molecular weight excluding hydrogens is 307 g/mol. The Morgan fingerprint density at radius 2 is 2.00 bits per heavy atom. The molecular formula is C10H9IN2O2. The highest BCUT2D eigenvalue weighted by Gasteiger charge is 2.02. The highest BCUT2D eigenvalue weighted by Crippen LogP contribution is 2.09. The van der Waals surface area contributed by atoms with Gasteiger partial charge >= 0.3 is 0 Å². The first kappa shape index (κ1) is 10.4. The van der Waals surface area contributed by atoms with Crippen molar-refractivity contribution in [2.45, 2.75) is 6.42 Å². The van der Waals surface area contributed by atoms with E-state index in [9.17, 15) is 0 Å². The van der Waals surface area contributed by atoms with Crippen molar-refractivity contribution in [3.8, 4) is 5.75 Å². The van der Waals surface area contributed by atoms with Crippen molar-refractivity contribution < 1.29 is 9.15 Å². The maximum absolute atomic E-state index is 5.49. The molecule has 0 atom stereocenters. The number of hydrogen-bond donors (Lipinski definition) is 0. The van der Waals surface area contributed by atoms with Crippen LogP contribution in [0.3, 0.4) is 0 Å². The lowest BCUT2D eigenvalue weighted by Crippen LogP contribution is -2.01. The summed E-state index contributed by atoms with van der Waals surface area (Å²) >= 11 is 1.98. The predicted octanol–water partition coefficient (Wildman–Crippen LogP) is 2.30. The molecule has 2 rings (SSSR count). The monoisotopic (exact) mass is 316 g/mol. The molecule has 5 heteroatoms. The van der Waals surface area contributed by atoms with Crippen molar-refractivity contribution >= 4 is 22.6 Å². The van der Waals surface area contributed by atoms with Crippen LogP contribution in [0.25, 0.3) is 0 Å². The van der Waals surface area contributed by atoms with Crippen LogP contribution in [-0.2, 0) is 6.42 Å². The lowest BCUT2D eigenvalue weighted by molar-refractivity contribution is 0.304. The molecule has 0 aliphatic rings. The molecule has 1 aromatic carbocycles. The third kappa shape index (κ3) is 3.19. The maximum Gasteiger partial charge on any atom is 0.278 e. The Labute approximate surface area is 101 Å². The second-order valence-electron chi connectivity index (χ2n) is 2.86. The molecule has 78 valence electrons. The van der Waals surface area contributed by atoms with Crippen molar-refractivity contribution in [3.05, 3.63) is 40.1 Å². The van der Waals surface area contributed by atoms with E-state index in [0.29, 0.717) is 22.8 Å². The molecule has 0 aliphatic carbocycles. The van der Waals surface area contributed by atoms with Crippen molar-refractivity contribution in [2.75, 3.05) is 6.61 Å². The summed E-state index contributed by atoms with van der Waals surface area (Å²) in [6, 6.07) is 9.65. The third-order valence-corrected chi connectivity index (χ3v) is 2.21. The average Bonchev–Trinajstić information content (AvgIpc) is 2.66. The molecule has 4 nitrogen and oxygen atoms in total. The summed E-state index contributed by atoms with van der Waals surface area (Å²) in [4.78, 5) is 0. The lowest BCUT2D eigenvalue weighted by atomic mass is 10.3. The van der Waals surface area contributed by atoms with E-state index in [4.69, 9.17) is 9.15 Å². The van der Waals surface area contributed by atoms with Crippen molar-refractivity contribution in [1.82, 2.24) is 10.2 Å². The fourth-order valence-electron chi connectivity index (χ4n) is 1.11. The number of benzene rings is 1. The zero-order chi connectivity index (χ0) is 10.5. The van der Waals surface area contributed by atoms with Crippen LogP contribution in [0.2, 0.25) is 0 Å². The van der Waals surface area contributed by atoms with Gasteiger partial charge in [-0.05, 0) is 12.1 Å². The number of para-hydroxylation sites is 1. The normalized spacial score (nSPS) is 10.2. The molecule has 1 heterocycles. The molecule has 0 amide bonds. The fourth-order valence-corrected chi connectivity index (χ4v) is 1.47. The number of aromatic nitrogens is 2. The summed E-state index contributed by atoms with van der Waals surface area (Å²) in [5.41, 5.74) is 0. The predicted molar refractivity (Wildman–Crippen MR) is 62.7 cm³/mol. The molecule has 0 radical (unpaired) electrons. The third-order valence-electron chi connectivity index (χ3n) is 1.77. The fraction of sp³-hybridized carbons (Fsp3) is 0.200. The van der Waals surface area contributed by atoms with Gasteiger partial charge in [0.2, 0.25) is 5.89 Å². The largest absolute Gasteiger partial charge is 0.493 e. The van der Waals surface area contributed by atoms with Crippen LogP contribution in [0, 0.1) is 3.90 Å². The number of nitrogens with zero attached hydrogens (tertiary/aromatic N) is 2. The van der Waals surface area contributed by atoms with Gasteiger partial charge in [-0.15, -0.1) is 10.2 Å². The Morgan fingerprint density at radius 3 is 2.67 bits per heavy atom. The Hall–Kier alpha value is -1.11. The van der Waals surface area contributed by atoms with Crippen molar-refractivity contribution in [2.24, 2.45) is 0 Å². The molecule has 0 bridgehead atoms. The van der Waals surface area contributed by atoms with Gasteiger partial charge in [-0.25, -0.2) is 0 Å². The second-order valence-corrected chi connectivity index (χ2v) is 3.78. The van der Waals surface area contributed by atoms with Gasteiger partial charge in [-0.3, -0.25) is 0 Å². The highest BCUT2D eigenvalue weighted by molar-refractivity contribution is 14.1. The minimum Gasteiger partial charge on any atom is -0.493 e. The van der Waals surface area contributed by atoms with Crippen LogP contribution in [0.5, 0.6) is 5.75 Å². The van der Waals surface area contributed by atoms with E-state index in [0.717, 1.165) is 5.75 Å². The van der Waals surface area contributed by atoms with Gasteiger partial charge < -0.3 is 9.15 Å². The van der Waals surface area contributed by atoms with Gasteiger partial charge in [-0.2, -0.15) is 0 Å². The molecule has 0 saturated heterocycles. The van der Waals surface area contributed by atoms with Crippen LogP contribution >= 0.6 is 22.6 Å². The van der Waals surface area contributed by atoms with E-state index in [2.05, 4.69) is 10.2 Å². The summed E-state index contributed by atoms with van der Waals surface area (Å²) in [6.45, 7) is 0.544. The summed E-state index contributed by atoms with van der Waals surface area (Å²) in [5, 5.41) is 7.60. The summed E-state index contributed by atoms with van der Waals surface area (Å²) in [5.74, 6) is 1.46. The Balaban J connectivity index is 1.80. The Bertz CT molecular complexity index is 416. The summed E-state index contributed by atoms with van der Waals surface area (Å²) in [7, 11) is 0. The smallest absolute Gasteiger partial charge is 0.278 e. The molecule has 0 spiro atoms. The van der Waals surface area contributed by atoms with Gasteiger partial charge in [0.25, 0.3) is 3.90 Å². The standard InChI is InChI=1S/C10H9IN2O2/c11-10-13-12-9(15-10)6-7-14-8-4-2-1-3-5-8/h1-5H,6-7H2. The number of rotatable bonds is 4. The van der Waals surface area contributed by atoms with E-state index in [1.54, 1.807) is 0 Å². The first-order chi connectivity index (χ1) is 7.34. The van der Waals surface area contributed by atoms with Crippen molar-refractivity contribution in [1.29, 1.82) is 0 Å². The van der Waals surface area contributed by atoms with Gasteiger partial charge in [0.05, 0.1) is 13.0 Å². The van der Waals surface area contributed by atoms with Crippen LogP contribution < -0.4 is 4.74 Å². The van der Waals surface area contributed by atoms with E-state index >= 15 is 0 Å². The Morgan fingerprint density at radius 1 is 1.20 bits per heavy atom. The van der Waals surface area contributed by atoms with Gasteiger partial charge in [0, 0.05) is 22.6 Å². The van der Waals surface area contributed by atoms with Crippen LogP contribution in [0.1, 0.15) is 5.89 Å². The molecule has 2 aromatic rings. The topological polar surface area (TPSA) is 48.2 Å². The quantitative estimate of drug-likeness (QED) is 0.812. The van der Waals surface area contributed by atoms with Gasteiger partial charge in [0.15, 0.2) is 0 Å². The zero-order valence-corrected chi connectivity index (χ0v) is 10.0. The zero-order valence-electron chi connectivity index (χ0n) is 7.89. The van der Waals surface area contributed by atoms with E-state index < -0.39 is 0 Å². The second kappa shape index (κ2) is 5.11. The molecule has 0 fully saturated rings. The molecule has 1 aromatic heterocycles. The lowest BCUT2D eigenvalue weighted by Gasteiger charge is -2.02. The molecule has 0 unspecified atom stereocenters. The number of ether oxygens (including phenoxy) is 1. The first-order valence-electron chi connectivity index (χ1n) is 4.50. The Kier molecular flexibility index (Phi) is 3.54. The van der Waals surface area contributed by atoms with Crippen LogP contribution in [-0.4, -0.2) is 16.8 Å². The minimum atomic E-state index is 0.544. The minimum absolute atomic E-state index is 0.544. The molecule has 0 N–H and O–H groups in total. The number of halogens is 1. The SMILES string of the molecule is Ic1nnc(CCOc2ccccc2)o1. The summed E-state index contributed by atoms with van der Waals surface area (Å²) < 4.78 is 11.3.